The predicted octanol–water partition coefficient (Wildman–Crippen LogP) is 14.3. The fourth-order valence-corrected chi connectivity index (χ4v) is 8.84. The molecule has 0 bridgehead atoms. The lowest BCUT2D eigenvalue weighted by atomic mass is 9.93. The Morgan fingerprint density at radius 3 is 1.84 bits per heavy atom. The number of nitrogens with zero attached hydrogens (tertiary/aromatic N) is 1. The monoisotopic (exact) mass is 653 g/mol. The smallest absolute Gasteiger partial charge is 0.0468 e. The van der Waals surface area contributed by atoms with Crippen molar-refractivity contribution in [2.75, 3.05) is 4.90 Å². The number of hydrogen-bond acceptors (Lipinski definition) is 2. The van der Waals surface area contributed by atoms with E-state index in [1.165, 1.54) is 74.7 Å². The van der Waals surface area contributed by atoms with Crippen molar-refractivity contribution >= 4 is 80.9 Å². The van der Waals surface area contributed by atoms with Gasteiger partial charge in [0.25, 0.3) is 0 Å². The molecule has 0 aliphatic rings. The highest BCUT2D eigenvalue weighted by Gasteiger charge is 2.17. The minimum Gasteiger partial charge on any atom is -0.310 e. The SMILES string of the molecule is c1ccc(-c2cccc(N(c3ccc(-c4cc5ccccc5c5ccccc45)cc3)c3ccc4ccc5c6ccccc6sc5c4c3)c2)cc1. The van der Waals surface area contributed by atoms with Crippen molar-refractivity contribution in [1.29, 1.82) is 0 Å². The van der Waals surface area contributed by atoms with E-state index < -0.39 is 0 Å². The first-order valence-electron chi connectivity index (χ1n) is 17.1. The van der Waals surface area contributed by atoms with E-state index in [0.717, 1.165) is 17.1 Å². The summed E-state index contributed by atoms with van der Waals surface area (Å²) in [6.45, 7) is 0. The van der Waals surface area contributed by atoms with Crippen LogP contribution in [0.1, 0.15) is 0 Å². The molecule has 0 saturated carbocycles. The molecule has 0 saturated heterocycles. The molecule has 0 unspecified atom stereocenters. The molecule has 1 nitrogen and oxygen atoms in total. The minimum atomic E-state index is 1.12. The maximum absolute atomic E-state index is 2.40. The second-order valence-corrected chi connectivity index (χ2v) is 14.0. The molecule has 9 aromatic carbocycles. The largest absolute Gasteiger partial charge is 0.310 e. The second kappa shape index (κ2) is 11.7. The van der Waals surface area contributed by atoms with Gasteiger partial charge in [0.15, 0.2) is 0 Å². The lowest BCUT2D eigenvalue weighted by molar-refractivity contribution is 1.29. The minimum absolute atomic E-state index is 1.12. The standard InChI is InChI=1S/C48H31NS/c1-2-11-32(12-3-1)35-14-10-15-38(29-35)49(39-27-23-34-24-28-44-43-19-8-9-20-47(43)50-48(44)46(34)31-39)37-25-21-33(22-26-37)45-30-36-13-4-5-16-40(36)41-17-6-7-18-42(41)45/h1-31H. The number of hydrogen-bond donors (Lipinski definition) is 0. The summed E-state index contributed by atoms with van der Waals surface area (Å²) in [5, 5.41) is 10.3. The molecule has 0 radical (unpaired) electrons. The summed E-state index contributed by atoms with van der Waals surface area (Å²) in [5.41, 5.74) is 8.24. The van der Waals surface area contributed by atoms with Crippen LogP contribution in [0.15, 0.2) is 188 Å². The van der Waals surface area contributed by atoms with Gasteiger partial charge < -0.3 is 4.90 Å². The summed E-state index contributed by atoms with van der Waals surface area (Å²) in [7, 11) is 0. The summed E-state index contributed by atoms with van der Waals surface area (Å²) >= 11 is 1.89. The van der Waals surface area contributed by atoms with Crippen LogP contribution in [-0.2, 0) is 0 Å². The van der Waals surface area contributed by atoms with Gasteiger partial charge in [0.2, 0.25) is 0 Å². The molecule has 0 aliphatic carbocycles. The summed E-state index contributed by atoms with van der Waals surface area (Å²) in [5.74, 6) is 0. The maximum Gasteiger partial charge on any atom is 0.0468 e. The summed E-state index contributed by atoms with van der Waals surface area (Å²) < 4.78 is 2.66. The van der Waals surface area contributed by atoms with Gasteiger partial charge in [-0.15, -0.1) is 11.3 Å². The number of thiophene rings is 1. The quantitative estimate of drug-likeness (QED) is 0.167. The number of benzene rings is 9. The van der Waals surface area contributed by atoms with Crippen molar-refractivity contribution in [2.45, 2.75) is 0 Å². The Balaban J connectivity index is 1.16. The number of anilines is 3. The van der Waals surface area contributed by atoms with Crippen LogP contribution in [0.25, 0.3) is 74.7 Å². The molecule has 10 aromatic rings. The molecular formula is C48H31NS. The Labute approximate surface area is 294 Å². The van der Waals surface area contributed by atoms with Crippen molar-refractivity contribution in [2.24, 2.45) is 0 Å². The number of rotatable bonds is 5. The first-order chi connectivity index (χ1) is 24.8. The zero-order valence-electron chi connectivity index (χ0n) is 27.3. The Morgan fingerprint density at radius 1 is 0.320 bits per heavy atom. The summed E-state index contributed by atoms with van der Waals surface area (Å²) in [6, 6.07) is 68.7. The van der Waals surface area contributed by atoms with E-state index in [-0.39, 0.29) is 0 Å². The van der Waals surface area contributed by atoms with Crippen LogP contribution >= 0.6 is 11.3 Å². The van der Waals surface area contributed by atoms with Gasteiger partial charge in [-0.05, 0) is 97.7 Å². The average molecular weight is 654 g/mol. The summed E-state index contributed by atoms with van der Waals surface area (Å²) in [6.07, 6.45) is 0. The molecule has 1 heterocycles. The van der Waals surface area contributed by atoms with Crippen LogP contribution in [0.4, 0.5) is 17.1 Å². The number of fused-ring (bicyclic) bond motifs is 8. The van der Waals surface area contributed by atoms with Gasteiger partial charge in [-0.25, -0.2) is 0 Å². The van der Waals surface area contributed by atoms with E-state index in [1.807, 2.05) is 11.3 Å². The normalized spacial score (nSPS) is 11.6. The topological polar surface area (TPSA) is 3.24 Å². The molecule has 0 spiro atoms. The molecule has 50 heavy (non-hydrogen) atoms. The molecular weight excluding hydrogens is 623 g/mol. The second-order valence-electron chi connectivity index (χ2n) is 12.9. The first-order valence-corrected chi connectivity index (χ1v) is 17.9. The molecule has 0 fully saturated rings. The van der Waals surface area contributed by atoms with Gasteiger partial charge >= 0.3 is 0 Å². The Hall–Kier alpha value is -6.22. The van der Waals surface area contributed by atoms with Crippen LogP contribution in [-0.4, -0.2) is 0 Å². The van der Waals surface area contributed by atoms with Crippen molar-refractivity contribution in [1.82, 2.24) is 0 Å². The Kier molecular flexibility index (Phi) is 6.75. The van der Waals surface area contributed by atoms with Gasteiger partial charge in [-0.2, -0.15) is 0 Å². The fraction of sp³-hybridized carbons (Fsp3) is 0. The molecule has 0 atom stereocenters. The van der Waals surface area contributed by atoms with Gasteiger partial charge in [-0.1, -0.05) is 140 Å². The van der Waals surface area contributed by atoms with Crippen molar-refractivity contribution < 1.29 is 0 Å². The molecule has 0 amide bonds. The van der Waals surface area contributed by atoms with Crippen molar-refractivity contribution in [3.63, 3.8) is 0 Å². The van der Waals surface area contributed by atoms with Crippen LogP contribution < -0.4 is 4.90 Å². The van der Waals surface area contributed by atoms with E-state index in [0.29, 0.717) is 0 Å². The Bertz CT molecular complexity index is 2870. The summed E-state index contributed by atoms with van der Waals surface area (Å²) in [4.78, 5) is 2.40. The highest BCUT2D eigenvalue weighted by Crippen LogP contribution is 2.43. The predicted molar refractivity (Wildman–Crippen MR) is 217 cm³/mol. The third-order valence-corrected chi connectivity index (χ3v) is 11.2. The van der Waals surface area contributed by atoms with Crippen molar-refractivity contribution in [3.8, 4) is 22.3 Å². The highest BCUT2D eigenvalue weighted by molar-refractivity contribution is 7.26. The molecule has 0 N–H and O–H groups in total. The molecule has 1 aromatic heterocycles. The van der Waals surface area contributed by atoms with Crippen LogP contribution in [0.5, 0.6) is 0 Å². The first kappa shape index (κ1) is 28.8. The van der Waals surface area contributed by atoms with E-state index >= 15 is 0 Å². The zero-order chi connectivity index (χ0) is 33.0. The molecule has 0 aliphatic heterocycles. The van der Waals surface area contributed by atoms with E-state index in [9.17, 15) is 0 Å². The van der Waals surface area contributed by atoms with Gasteiger partial charge in [-0.3, -0.25) is 0 Å². The molecule has 2 heteroatoms. The van der Waals surface area contributed by atoms with Gasteiger partial charge in [0.1, 0.15) is 0 Å². The third kappa shape index (κ3) is 4.76. The van der Waals surface area contributed by atoms with Crippen LogP contribution in [0.2, 0.25) is 0 Å². The van der Waals surface area contributed by atoms with Crippen molar-refractivity contribution in [3.05, 3.63) is 188 Å². The van der Waals surface area contributed by atoms with Crippen LogP contribution in [0.3, 0.4) is 0 Å². The highest BCUT2D eigenvalue weighted by atomic mass is 32.1. The van der Waals surface area contributed by atoms with Crippen LogP contribution in [0, 0.1) is 0 Å². The lowest BCUT2D eigenvalue weighted by Crippen LogP contribution is -2.10. The molecule has 234 valence electrons. The molecule has 10 rings (SSSR count). The lowest BCUT2D eigenvalue weighted by Gasteiger charge is -2.27. The van der Waals surface area contributed by atoms with E-state index in [4.69, 9.17) is 0 Å². The average Bonchev–Trinajstić information content (AvgIpc) is 3.58. The van der Waals surface area contributed by atoms with Gasteiger partial charge in [0.05, 0.1) is 0 Å². The van der Waals surface area contributed by atoms with Gasteiger partial charge in [0, 0.05) is 42.6 Å². The fourth-order valence-electron chi connectivity index (χ4n) is 7.61. The Morgan fingerprint density at radius 2 is 0.980 bits per heavy atom. The zero-order valence-corrected chi connectivity index (χ0v) is 28.1. The van der Waals surface area contributed by atoms with E-state index in [2.05, 4.69) is 193 Å². The third-order valence-electron chi connectivity index (χ3n) is 10.0. The maximum atomic E-state index is 2.40. The van der Waals surface area contributed by atoms with E-state index in [1.54, 1.807) is 0 Å².